The number of hydrogen-bond donors (Lipinski definition) is 1. The lowest BCUT2D eigenvalue weighted by Crippen LogP contribution is -2.49. The molecule has 1 saturated heterocycles. The molecule has 31 heavy (non-hydrogen) atoms. The summed E-state index contributed by atoms with van der Waals surface area (Å²) in [6.45, 7) is 4.48. The summed E-state index contributed by atoms with van der Waals surface area (Å²) in [6.07, 6.45) is 1.13. The number of sulfonamides is 1. The smallest absolute Gasteiger partial charge is 0.272 e. The molecular weight excluding hydrogens is 414 g/mol. The number of aromatic nitrogens is 2. The van der Waals surface area contributed by atoms with Gasteiger partial charge in [-0.05, 0) is 49.4 Å². The molecule has 2 aromatic carbocycles. The van der Waals surface area contributed by atoms with Crippen LogP contribution in [0.1, 0.15) is 16.2 Å². The number of carbonyl (C=O) groups excluding carboxylic acids is 1. The first-order valence-electron chi connectivity index (χ1n) is 10.0. The van der Waals surface area contributed by atoms with Crippen LogP contribution in [0.25, 0.3) is 5.69 Å². The van der Waals surface area contributed by atoms with E-state index in [1.807, 2.05) is 60.4 Å². The number of amides is 1. The predicted molar refractivity (Wildman–Crippen MR) is 121 cm³/mol. The van der Waals surface area contributed by atoms with Crippen LogP contribution in [-0.2, 0) is 10.0 Å². The van der Waals surface area contributed by atoms with Gasteiger partial charge < -0.3 is 9.80 Å². The van der Waals surface area contributed by atoms with Gasteiger partial charge in [0.25, 0.3) is 5.91 Å². The van der Waals surface area contributed by atoms with Gasteiger partial charge in [-0.25, -0.2) is 13.1 Å². The third-order valence-corrected chi connectivity index (χ3v) is 5.76. The SMILES string of the molecule is Cc1cc(C(=O)N2CCN(c3ccc(NS(C)(=O)=O)cc3)CC2)n(-c2ccccc2)n1. The van der Waals surface area contributed by atoms with Gasteiger partial charge in [-0.15, -0.1) is 0 Å². The van der Waals surface area contributed by atoms with Crippen LogP contribution < -0.4 is 9.62 Å². The predicted octanol–water partition coefficient (Wildman–Crippen LogP) is 2.51. The van der Waals surface area contributed by atoms with E-state index >= 15 is 0 Å². The molecule has 0 atom stereocenters. The fourth-order valence-corrected chi connectivity index (χ4v) is 4.27. The molecule has 0 aliphatic carbocycles. The molecule has 8 nitrogen and oxygen atoms in total. The van der Waals surface area contributed by atoms with Crippen LogP contribution >= 0.6 is 0 Å². The maximum atomic E-state index is 13.2. The zero-order valence-corrected chi connectivity index (χ0v) is 18.3. The van der Waals surface area contributed by atoms with Crippen molar-refractivity contribution in [1.29, 1.82) is 0 Å². The van der Waals surface area contributed by atoms with Crippen molar-refractivity contribution in [3.8, 4) is 5.69 Å². The second-order valence-corrected chi connectivity index (χ2v) is 9.37. The molecule has 0 unspecified atom stereocenters. The summed E-state index contributed by atoms with van der Waals surface area (Å²) in [5.41, 5.74) is 3.75. The van der Waals surface area contributed by atoms with Crippen molar-refractivity contribution in [2.24, 2.45) is 0 Å². The third kappa shape index (κ3) is 4.88. The third-order valence-electron chi connectivity index (χ3n) is 5.15. The zero-order valence-electron chi connectivity index (χ0n) is 17.5. The Morgan fingerprint density at radius 2 is 1.58 bits per heavy atom. The first-order chi connectivity index (χ1) is 14.8. The first-order valence-corrected chi connectivity index (χ1v) is 11.9. The minimum atomic E-state index is -3.29. The molecule has 0 radical (unpaired) electrons. The lowest BCUT2D eigenvalue weighted by atomic mass is 10.2. The summed E-state index contributed by atoms with van der Waals surface area (Å²) in [5.74, 6) is -0.0307. The molecule has 1 fully saturated rings. The van der Waals surface area contributed by atoms with Gasteiger partial charge in [0, 0.05) is 37.6 Å². The van der Waals surface area contributed by atoms with Gasteiger partial charge in [0.05, 0.1) is 17.6 Å². The van der Waals surface area contributed by atoms with Crippen LogP contribution in [0.3, 0.4) is 0 Å². The Labute approximate surface area is 182 Å². The molecule has 3 aromatic rings. The Balaban J connectivity index is 1.43. The van der Waals surface area contributed by atoms with Crippen molar-refractivity contribution in [2.45, 2.75) is 6.92 Å². The molecule has 4 rings (SSSR count). The molecule has 1 aromatic heterocycles. The normalized spacial score (nSPS) is 14.5. The van der Waals surface area contributed by atoms with E-state index in [-0.39, 0.29) is 5.91 Å². The summed E-state index contributed by atoms with van der Waals surface area (Å²) >= 11 is 0. The molecule has 2 heterocycles. The molecule has 1 amide bonds. The van der Waals surface area contributed by atoms with Crippen molar-refractivity contribution in [3.05, 3.63) is 72.1 Å². The second kappa shape index (κ2) is 8.43. The lowest BCUT2D eigenvalue weighted by Gasteiger charge is -2.36. The minimum Gasteiger partial charge on any atom is -0.368 e. The number of nitrogens with zero attached hydrogens (tertiary/aromatic N) is 4. The van der Waals surface area contributed by atoms with Gasteiger partial charge in [-0.2, -0.15) is 5.10 Å². The molecule has 162 valence electrons. The number of aryl methyl sites for hydroxylation is 1. The van der Waals surface area contributed by atoms with Crippen LogP contribution in [-0.4, -0.2) is 61.4 Å². The molecule has 0 bridgehead atoms. The summed E-state index contributed by atoms with van der Waals surface area (Å²) < 4.78 is 26.9. The van der Waals surface area contributed by atoms with E-state index in [1.165, 1.54) is 0 Å². The molecule has 1 N–H and O–H groups in total. The van der Waals surface area contributed by atoms with Crippen molar-refractivity contribution >= 4 is 27.3 Å². The average Bonchev–Trinajstić information content (AvgIpc) is 3.15. The number of hydrogen-bond acceptors (Lipinski definition) is 5. The van der Waals surface area contributed by atoms with Crippen molar-refractivity contribution in [2.75, 3.05) is 42.1 Å². The van der Waals surface area contributed by atoms with Crippen molar-refractivity contribution < 1.29 is 13.2 Å². The maximum absolute atomic E-state index is 13.2. The second-order valence-electron chi connectivity index (χ2n) is 7.62. The number of piperazine rings is 1. The van der Waals surface area contributed by atoms with Crippen molar-refractivity contribution in [3.63, 3.8) is 0 Å². The van der Waals surface area contributed by atoms with E-state index in [9.17, 15) is 13.2 Å². The number of benzene rings is 2. The Morgan fingerprint density at radius 1 is 0.935 bits per heavy atom. The number of para-hydroxylation sites is 1. The standard InChI is InChI=1S/C22H25N5O3S/c1-17-16-21(27(23-17)20-6-4-3-5-7-20)22(28)26-14-12-25(13-15-26)19-10-8-18(9-11-19)24-31(2,29)30/h3-11,16,24H,12-15H2,1-2H3. The summed E-state index contributed by atoms with van der Waals surface area (Å²) in [5, 5.41) is 4.50. The summed E-state index contributed by atoms with van der Waals surface area (Å²) in [7, 11) is -3.29. The highest BCUT2D eigenvalue weighted by atomic mass is 32.2. The minimum absolute atomic E-state index is 0.0307. The zero-order chi connectivity index (χ0) is 22.0. The quantitative estimate of drug-likeness (QED) is 0.660. The topological polar surface area (TPSA) is 87.5 Å². The Kier molecular flexibility index (Phi) is 5.69. The largest absolute Gasteiger partial charge is 0.368 e. The Bertz CT molecular complexity index is 1170. The fourth-order valence-electron chi connectivity index (χ4n) is 3.70. The molecule has 0 spiro atoms. The van der Waals surface area contributed by atoms with Crippen LogP contribution in [0.15, 0.2) is 60.7 Å². The molecular formula is C22H25N5O3S. The number of carbonyl (C=O) groups is 1. The van der Waals surface area contributed by atoms with E-state index in [0.717, 1.165) is 23.3 Å². The lowest BCUT2D eigenvalue weighted by molar-refractivity contribution is 0.0737. The van der Waals surface area contributed by atoms with Crippen LogP contribution in [0, 0.1) is 6.92 Å². The average molecular weight is 440 g/mol. The monoisotopic (exact) mass is 439 g/mol. The number of nitrogens with one attached hydrogen (secondary N) is 1. The van der Waals surface area contributed by atoms with Crippen LogP contribution in [0.2, 0.25) is 0 Å². The number of rotatable bonds is 5. The molecule has 9 heteroatoms. The molecule has 1 aliphatic heterocycles. The van der Waals surface area contributed by atoms with E-state index in [4.69, 9.17) is 0 Å². The van der Waals surface area contributed by atoms with Gasteiger partial charge in [-0.3, -0.25) is 9.52 Å². The van der Waals surface area contributed by atoms with Gasteiger partial charge in [0.2, 0.25) is 10.0 Å². The van der Waals surface area contributed by atoms with Gasteiger partial charge in [-0.1, -0.05) is 18.2 Å². The highest BCUT2D eigenvalue weighted by molar-refractivity contribution is 7.92. The Hall–Kier alpha value is -3.33. The first kappa shape index (κ1) is 20.9. The van der Waals surface area contributed by atoms with Gasteiger partial charge in [0.15, 0.2) is 0 Å². The fraction of sp³-hybridized carbons (Fsp3) is 0.273. The molecule has 1 aliphatic rings. The summed E-state index contributed by atoms with van der Waals surface area (Å²) in [6, 6.07) is 18.8. The van der Waals surface area contributed by atoms with Crippen molar-refractivity contribution in [1.82, 2.24) is 14.7 Å². The van der Waals surface area contributed by atoms with E-state index in [1.54, 1.807) is 16.8 Å². The van der Waals surface area contributed by atoms with E-state index in [2.05, 4.69) is 14.7 Å². The maximum Gasteiger partial charge on any atom is 0.272 e. The summed E-state index contributed by atoms with van der Waals surface area (Å²) in [4.78, 5) is 17.3. The Morgan fingerprint density at radius 3 is 2.19 bits per heavy atom. The van der Waals surface area contributed by atoms with E-state index in [0.29, 0.717) is 37.6 Å². The van der Waals surface area contributed by atoms with E-state index < -0.39 is 10.0 Å². The molecule has 0 saturated carbocycles. The van der Waals surface area contributed by atoms with Crippen LogP contribution in [0.5, 0.6) is 0 Å². The highest BCUT2D eigenvalue weighted by Gasteiger charge is 2.25. The van der Waals surface area contributed by atoms with Gasteiger partial charge >= 0.3 is 0 Å². The highest BCUT2D eigenvalue weighted by Crippen LogP contribution is 2.21. The van der Waals surface area contributed by atoms with Crippen LogP contribution in [0.4, 0.5) is 11.4 Å². The number of anilines is 2. The van der Waals surface area contributed by atoms with Gasteiger partial charge in [0.1, 0.15) is 5.69 Å².